The third kappa shape index (κ3) is 1.31. The monoisotopic (exact) mass is 215 g/mol. The molecule has 2 aliphatic heterocycles. The molecular weight excluding hydrogens is 202 g/mol. The summed E-state index contributed by atoms with van der Waals surface area (Å²) >= 11 is 0. The van der Waals surface area contributed by atoms with Gasteiger partial charge in [0.2, 0.25) is 0 Å². The van der Waals surface area contributed by atoms with E-state index in [1.54, 1.807) is 6.26 Å². The zero-order valence-electron chi connectivity index (χ0n) is 8.84. The molecule has 0 spiro atoms. The van der Waals surface area contributed by atoms with Crippen LogP contribution in [0.25, 0.3) is 0 Å². The van der Waals surface area contributed by atoms with E-state index < -0.39 is 0 Å². The lowest BCUT2D eigenvalue weighted by atomic mass is 9.90. The summed E-state index contributed by atoms with van der Waals surface area (Å²) in [7, 11) is 0. The molecular formula is C12H13N3O. The maximum atomic E-state index is 5.55. The molecule has 0 saturated heterocycles. The Labute approximate surface area is 94.1 Å². The zero-order valence-corrected chi connectivity index (χ0v) is 8.84. The fourth-order valence-electron chi connectivity index (χ4n) is 2.15. The molecule has 0 saturated carbocycles. The summed E-state index contributed by atoms with van der Waals surface area (Å²) in [4.78, 5) is 0. The van der Waals surface area contributed by atoms with Crippen molar-refractivity contribution >= 4 is 6.21 Å². The average Bonchev–Trinajstić information content (AvgIpc) is 2.73. The van der Waals surface area contributed by atoms with Gasteiger partial charge in [-0.15, -0.1) is 0 Å². The van der Waals surface area contributed by atoms with Crippen LogP contribution in [0.3, 0.4) is 0 Å². The fraction of sp³-hybridized carbons (Fsp3) is 0.250. The number of hydrogen-bond donors (Lipinski definition) is 1. The first kappa shape index (κ1) is 9.42. The van der Waals surface area contributed by atoms with Gasteiger partial charge >= 0.3 is 0 Å². The molecule has 16 heavy (non-hydrogen) atoms. The summed E-state index contributed by atoms with van der Waals surface area (Å²) in [5.41, 5.74) is 7.90. The first-order valence-corrected chi connectivity index (χ1v) is 5.37. The summed E-state index contributed by atoms with van der Waals surface area (Å²) in [6.07, 6.45) is 11.7. The molecule has 2 N–H and O–H groups in total. The Morgan fingerprint density at radius 3 is 3.19 bits per heavy atom. The zero-order chi connectivity index (χ0) is 11.0. The summed E-state index contributed by atoms with van der Waals surface area (Å²) in [6.45, 7) is 1.36. The van der Waals surface area contributed by atoms with Crippen molar-refractivity contribution in [3.8, 4) is 0 Å². The van der Waals surface area contributed by atoms with Gasteiger partial charge in [-0.05, 0) is 18.2 Å². The lowest BCUT2D eigenvalue weighted by molar-refractivity contribution is 0.338. The Kier molecular flexibility index (Phi) is 2.15. The average molecular weight is 215 g/mol. The standard InChI is InChI=1S/C12H13N3O/c13-5-6-15-11-3-4-12-9(2-1-7-16-12)10(11)8-14-15/h1-4,7-8,10H,5-6,13H2. The number of fused-ring (bicyclic) bond motifs is 3. The predicted octanol–water partition coefficient (Wildman–Crippen LogP) is 1.11. The van der Waals surface area contributed by atoms with Crippen molar-refractivity contribution in [3.05, 3.63) is 47.6 Å². The fourth-order valence-corrected chi connectivity index (χ4v) is 2.15. The van der Waals surface area contributed by atoms with E-state index in [0.717, 1.165) is 12.3 Å². The Morgan fingerprint density at radius 2 is 2.31 bits per heavy atom. The quantitative estimate of drug-likeness (QED) is 0.750. The Balaban J connectivity index is 1.95. The molecule has 4 nitrogen and oxygen atoms in total. The Morgan fingerprint density at radius 1 is 1.38 bits per heavy atom. The molecule has 0 fully saturated rings. The minimum atomic E-state index is 0.219. The van der Waals surface area contributed by atoms with Crippen molar-refractivity contribution < 1.29 is 4.74 Å². The van der Waals surface area contributed by atoms with Gasteiger partial charge in [0.1, 0.15) is 5.76 Å². The molecule has 0 aromatic carbocycles. The Bertz CT molecular complexity index is 457. The molecule has 0 amide bonds. The van der Waals surface area contributed by atoms with E-state index in [0.29, 0.717) is 6.54 Å². The summed E-state index contributed by atoms with van der Waals surface area (Å²) < 4.78 is 5.45. The molecule has 3 rings (SSSR count). The number of hydrogen-bond acceptors (Lipinski definition) is 4. The van der Waals surface area contributed by atoms with E-state index in [2.05, 4.69) is 17.3 Å². The Hall–Kier alpha value is -1.81. The lowest BCUT2D eigenvalue weighted by Gasteiger charge is -2.25. The topological polar surface area (TPSA) is 50.8 Å². The van der Waals surface area contributed by atoms with Crippen molar-refractivity contribution in [2.24, 2.45) is 16.8 Å². The highest BCUT2D eigenvalue weighted by Crippen LogP contribution is 2.36. The highest BCUT2D eigenvalue weighted by atomic mass is 16.5. The SMILES string of the molecule is NCCN1N=CC2C3=CC=COC3=CC=C21. The van der Waals surface area contributed by atoms with Crippen LogP contribution in [-0.4, -0.2) is 24.3 Å². The van der Waals surface area contributed by atoms with Crippen LogP contribution in [0.2, 0.25) is 0 Å². The van der Waals surface area contributed by atoms with Crippen LogP contribution in [0.1, 0.15) is 0 Å². The lowest BCUT2D eigenvalue weighted by Crippen LogP contribution is -2.25. The van der Waals surface area contributed by atoms with Crippen LogP contribution < -0.4 is 5.73 Å². The number of rotatable bonds is 2. The largest absolute Gasteiger partial charge is 0.465 e. The summed E-state index contributed by atoms with van der Waals surface area (Å²) in [5.74, 6) is 1.13. The van der Waals surface area contributed by atoms with Crippen LogP contribution in [-0.2, 0) is 4.74 Å². The minimum Gasteiger partial charge on any atom is -0.465 e. The smallest absolute Gasteiger partial charge is 0.130 e. The van der Waals surface area contributed by atoms with Gasteiger partial charge in [0.25, 0.3) is 0 Å². The normalized spacial score (nSPS) is 25.4. The third-order valence-corrected chi connectivity index (χ3v) is 2.89. The van der Waals surface area contributed by atoms with E-state index in [-0.39, 0.29) is 5.92 Å². The highest BCUT2D eigenvalue weighted by molar-refractivity contribution is 5.75. The number of ether oxygens (including phenoxy) is 1. The molecule has 0 radical (unpaired) electrons. The van der Waals surface area contributed by atoms with Gasteiger partial charge in [0, 0.05) is 18.3 Å². The van der Waals surface area contributed by atoms with E-state index in [1.807, 2.05) is 23.4 Å². The molecule has 1 unspecified atom stereocenters. The van der Waals surface area contributed by atoms with Gasteiger partial charge in [-0.3, -0.25) is 5.01 Å². The number of hydrazone groups is 1. The van der Waals surface area contributed by atoms with Crippen LogP contribution in [0.4, 0.5) is 0 Å². The third-order valence-electron chi connectivity index (χ3n) is 2.89. The molecule has 0 bridgehead atoms. The van der Waals surface area contributed by atoms with E-state index in [1.165, 1.54) is 11.3 Å². The van der Waals surface area contributed by atoms with Gasteiger partial charge in [-0.2, -0.15) is 5.10 Å². The number of nitrogens with zero attached hydrogens (tertiary/aromatic N) is 2. The van der Waals surface area contributed by atoms with Gasteiger partial charge in [0.15, 0.2) is 0 Å². The molecule has 4 heteroatoms. The van der Waals surface area contributed by atoms with Crippen molar-refractivity contribution in [1.29, 1.82) is 0 Å². The molecule has 1 aliphatic carbocycles. The second kappa shape index (κ2) is 3.64. The highest BCUT2D eigenvalue weighted by Gasteiger charge is 2.32. The summed E-state index contributed by atoms with van der Waals surface area (Å²) in [5, 5.41) is 6.32. The van der Waals surface area contributed by atoms with Gasteiger partial charge in [-0.25, -0.2) is 0 Å². The maximum absolute atomic E-state index is 5.55. The second-order valence-corrected chi connectivity index (χ2v) is 3.84. The molecule has 1 atom stereocenters. The van der Waals surface area contributed by atoms with Crippen molar-refractivity contribution in [2.45, 2.75) is 0 Å². The number of nitrogens with two attached hydrogens (primary N) is 1. The van der Waals surface area contributed by atoms with E-state index in [9.17, 15) is 0 Å². The van der Waals surface area contributed by atoms with E-state index >= 15 is 0 Å². The van der Waals surface area contributed by atoms with Crippen LogP contribution in [0.5, 0.6) is 0 Å². The van der Waals surface area contributed by atoms with Crippen LogP contribution >= 0.6 is 0 Å². The predicted molar refractivity (Wildman–Crippen MR) is 62.2 cm³/mol. The van der Waals surface area contributed by atoms with Crippen LogP contribution in [0.15, 0.2) is 52.7 Å². The molecule has 3 aliphatic rings. The first-order valence-electron chi connectivity index (χ1n) is 5.37. The first-order chi connectivity index (χ1) is 7.90. The van der Waals surface area contributed by atoms with Crippen LogP contribution in [0, 0.1) is 5.92 Å². The molecule has 82 valence electrons. The maximum Gasteiger partial charge on any atom is 0.130 e. The van der Waals surface area contributed by atoms with E-state index in [4.69, 9.17) is 10.5 Å². The van der Waals surface area contributed by atoms with Gasteiger partial charge < -0.3 is 10.5 Å². The number of allylic oxidation sites excluding steroid dienone is 6. The molecule has 0 aromatic rings. The minimum absolute atomic E-state index is 0.219. The van der Waals surface area contributed by atoms with Crippen molar-refractivity contribution in [1.82, 2.24) is 5.01 Å². The second-order valence-electron chi connectivity index (χ2n) is 3.84. The van der Waals surface area contributed by atoms with Gasteiger partial charge in [-0.1, -0.05) is 6.08 Å². The molecule has 0 aromatic heterocycles. The molecule has 2 heterocycles. The van der Waals surface area contributed by atoms with Gasteiger partial charge in [0.05, 0.1) is 24.4 Å². The summed E-state index contributed by atoms with van der Waals surface area (Å²) in [6, 6.07) is 0. The van der Waals surface area contributed by atoms with Crippen molar-refractivity contribution in [3.63, 3.8) is 0 Å². The van der Waals surface area contributed by atoms with Crippen molar-refractivity contribution in [2.75, 3.05) is 13.1 Å².